The molecule has 14 nitrogen and oxygen atoms in total. The highest BCUT2D eigenvalue weighted by Crippen LogP contribution is 2.28. The third kappa shape index (κ3) is 4.16. The van der Waals surface area contributed by atoms with Gasteiger partial charge in [0.15, 0.2) is 5.69 Å². The summed E-state index contributed by atoms with van der Waals surface area (Å²) in [5, 5.41) is 39.0. The quantitative estimate of drug-likeness (QED) is 0.243. The Bertz CT molecular complexity index is 1450. The summed E-state index contributed by atoms with van der Waals surface area (Å²) in [6.45, 7) is 1.68. The Labute approximate surface area is 190 Å². The molecule has 0 aliphatic rings. The van der Waals surface area contributed by atoms with Gasteiger partial charge in [-0.25, -0.2) is 10.1 Å². The first-order valence-electron chi connectivity index (χ1n) is 9.53. The number of anilines is 1. The van der Waals surface area contributed by atoms with E-state index in [9.17, 15) is 14.9 Å². The smallest absolute Gasteiger partial charge is 0.294 e. The van der Waals surface area contributed by atoms with Crippen LogP contribution in [0.2, 0.25) is 0 Å². The lowest BCUT2D eigenvalue weighted by molar-refractivity contribution is -0.384. The van der Waals surface area contributed by atoms with E-state index < -0.39 is 10.8 Å². The van der Waals surface area contributed by atoms with Crippen LogP contribution in [0.5, 0.6) is 0 Å². The molecule has 0 bridgehead atoms. The standard InChI is InChI=1S/C20H14N10O4/c1-11(13-4-2-12(10-21)3-5-13)23-25-20(31)16-17(14-6-8-15(9-7-14)30(32)33)29(28-24-16)19-18(22)26-34-27-19/h2-9H,1H3,(H2,22,26)(H,25,31)/b23-11+. The molecular formula is C20H14N10O4. The van der Waals surface area contributed by atoms with Crippen molar-refractivity contribution in [2.45, 2.75) is 6.92 Å². The highest BCUT2D eigenvalue weighted by Gasteiger charge is 2.25. The van der Waals surface area contributed by atoms with Crippen molar-refractivity contribution in [2.75, 3.05) is 5.73 Å². The maximum Gasteiger partial charge on any atom is 0.294 e. The first-order valence-corrected chi connectivity index (χ1v) is 9.53. The molecule has 4 rings (SSSR count). The minimum atomic E-state index is -0.706. The topological polar surface area (TPSA) is 204 Å². The normalized spacial score (nSPS) is 11.1. The third-order valence-electron chi connectivity index (χ3n) is 4.69. The van der Waals surface area contributed by atoms with E-state index in [-0.39, 0.29) is 28.7 Å². The summed E-state index contributed by atoms with van der Waals surface area (Å²) in [4.78, 5) is 23.4. The van der Waals surface area contributed by atoms with Gasteiger partial charge in [-0.15, -0.1) is 5.10 Å². The van der Waals surface area contributed by atoms with Crippen LogP contribution in [0.15, 0.2) is 58.3 Å². The minimum Gasteiger partial charge on any atom is -0.378 e. The maximum atomic E-state index is 12.9. The second kappa shape index (κ2) is 8.96. The molecule has 0 saturated carbocycles. The molecule has 4 aromatic rings. The number of nitro benzene ring substituents is 1. The number of hydrogen-bond donors (Lipinski definition) is 2. The van der Waals surface area contributed by atoms with Gasteiger partial charge in [-0.3, -0.25) is 14.9 Å². The lowest BCUT2D eigenvalue weighted by Gasteiger charge is -2.06. The van der Waals surface area contributed by atoms with E-state index in [0.29, 0.717) is 22.4 Å². The van der Waals surface area contributed by atoms with Crippen molar-refractivity contribution in [1.82, 2.24) is 30.7 Å². The van der Waals surface area contributed by atoms with Crippen molar-refractivity contribution in [2.24, 2.45) is 5.10 Å². The van der Waals surface area contributed by atoms with Crippen LogP contribution in [0, 0.1) is 21.4 Å². The molecule has 0 aliphatic heterocycles. The van der Waals surface area contributed by atoms with Gasteiger partial charge in [-0.2, -0.15) is 15.0 Å². The van der Waals surface area contributed by atoms with Gasteiger partial charge in [-0.1, -0.05) is 17.3 Å². The van der Waals surface area contributed by atoms with Gasteiger partial charge in [0.25, 0.3) is 11.6 Å². The third-order valence-corrected chi connectivity index (χ3v) is 4.69. The monoisotopic (exact) mass is 458 g/mol. The van der Waals surface area contributed by atoms with E-state index >= 15 is 0 Å². The van der Waals surface area contributed by atoms with Crippen LogP contribution in [-0.2, 0) is 0 Å². The number of nitrogen functional groups attached to an aromatic ring is 1. The molecule has 168 valence electrons. The number of nitrogens with one attached hydrogen (secondary N) is 1. The Kier molecular flexibility index (Phi) is 5.74. The molecule has 2 heterocycles. The molecule has 1 amide bonds. The number of aromatic nitrogens is 5. The molecule has 0 spiro atoms. The summed E-state index contributed by atoms with van der Waals surface area (Å²) < 4.78 is 5.75. The summed E-state index contributed by atoms with van der Waals surface area (Å²) in [5.41, 5.74) is 10.1. The SMILES string of the molecule is C/C(=N\NC(=O)c1nnn(-c2nonc2N)c1-c1ccc([N+](=O)[O-])cc1)c1ccc(C#N)cc1. The summed E-state index contributed by atoms with van der Waals surface area (Å²) in [5.74, 6) is -0.825. The Morgan fingerprint density at radius 3 is 2.50 bits per heavy atom. The minimum absolute atomic E-state index is 0.0165. The number of carbonyl (C=O) groups excluding carboxylic acids is 1. The number of hydrazone groups is 1. The van der Waals surface area contributed by atoms with E-state index in [1.165, 1.54) is 24.3 Å². The molecule has 0 unspecified atom stereocenters. The lowest BCUT2D eigenvalue weighted by atomic mass is 10.1. The predicted molar refractivity (Wildman–Crippen MR) is 117 cm³/mol. The van der Waals surface area contributed by atoms with Gasteiger partial charge >= 0.3 is 0 Å². The number of carbonyl (C=O) groups is 1. The predicted octanol–water partition coefficient (Wildman–Crippen LogP) is 1.83. The fourth-order valence-electron chi connectivity index (χ4n) is 2.96. The molecule has 2 aromatic carbocycles. The Morgan fingerprint density at radius 1 is 1.21 bits per heavy atom. The zero-order chi connectivity index (χ0) is 24.2. The largest absolute Gasteiger partial charge is 0.378 e. The zero-order valence-corrected chi connectivity index (χ0v) is 17.4. The number of amides is 1. The van der Waals surface area contributed by atoms with Crippen molar-refractivity contribution in [3.63, 3.8) is 0 Å². The van der Waals surface area contributed by atoms with Gasteiger partial charge in [0.1, 0.15) is 5.69 Å². The van der Waals surface area contributed by atoms with Gasteiger partial charge in [0.05, 0.1) is 22.3 Å². The van der Waals surface area contributed by atoms with Crippen molar-refractivity contribution in [3.8, 4) is 23.1 Å². The summed E-state index contributed by atoms with van der Waals surface area (Å²) in [7, 11) is 0. The lowest BCUT2D eigenvalue weighted by Crippen LogP contribution is -2.21. The molecule has 0 aliphatic carbocycles. The Hall–Kier alpha value is -5.45. The van der Waals surface area contributed by atoms with E-state index in [0.717, 1.165) is 4.68 Å². The maximum absolute atomic E-state index is 12.9. The molecule has 34 heavy (non-hydrogen) atoms. The zero-order valence-electron chi connectivity index (χ0n) is 17.4. The van der Waals surface area contributed by atoms with Gasteiger partial charge in [0.2, 0.25) is 11.6 Å². The number of nitrogens with two attached hydrogens (primary N) is 1. The van der Waals surface area contributed by atoms with Crippen molar-refractivity contribution < 1.29 is 14.3 Å². The van der Waals surface area contributed by atoms with Crippen LogP contribution in [0.25, 0.3) is 17.1 Å². The highest BCUT2D eigenvalue weighted by molar-refractivity contribution is 6.02. The van der Waals surface area contributed by atoms with Crippen LogP contribution in [0.4, 0.5) is 11.5 Å². The Balaban J connectivity index is 1.70. The number of hydrogen-bond acceptors (Lipinski definition) is 11. The van der Waals surface area contributed by atoms with Crippen molar-refractivity contribution in [1.29, 1.82) is 5.26 Å². The second-order valence-corrected chi connectivity index (χ2v) is 6.80. The first kappa shape index (κ1) is 21.8. The van der Waals surface area contributed by atoms with E-state index in [1.807, 2.05) is 6.07 Å². The number of rotatable bonds is 6. The molecular weight excluding hydrogens is 444 g/mol. The molecule has 3 N–H and O–H groups in total. The van der Waals surface area contributed by atoms with Crippen LogP contribution < -0.4 is 11.2 Å². The van der Waals surface area contributed by atoms with Crippen LogP contribution in [0.1, 0.15) is 28.5 Å². The van der Waals surface area contributed by atoms with Crippen molar-refractivity contribution in [3.05, 3.63) is 75.5 Å². The first-order chi connectivity index (χ1) is 16.4. The second-order valence-electron chi connectivity index (χ2n) is 6.80. The average Bonchev–Trinajstić information content (AvgIpc) is 3.48. The molecule has 0 saturated heterocycles. The molecule has 0 fully saturated rings. The van der Waals surface area contributed by atoms with E-state index in [2.05, 4.69) is 35.8 Å². The fourth-order valence-corrected chi connectivity index (χ4v) is 2.96. The average molecular weight is 458 g/mol. The molecule has 0 radical (unpaired) electrons. The summed E-state index contributed by atoms with van der Waals surface area (Å²) >= 11 is 0. The number of benzene rings is 2. The number of non-ortho nitro benzene ring substituents is 1. The van der Waals surface area contributed by atoms with Crippen LogP contribution >= 0.6 is 0 Å². The van der Waals surface area contributed by atoms with E-state index in [1.54, 1.807) is 31.2 Å². The number of nitriles is 1. The summed E-state index contributed by atoms with van der Waals surface area (Å²) in [6, 6.07) is 14.1. The number of nitrogens with zero attached hydrogens (tertiary/aromatic N) is 8. The fraction of sp³-hybridized carbons (Fsp3) is 0.0500. The van der Waals surface area contributed by atoms with Gasteiger partial charge in [0, 0.05) is 17.7 Å². The van der Waals surface area contributed by atoms with Crippen LogP contribution in [0.3, 0.4) is 0 Å². The molecule has 14 heteroatoms. The van der Waals surface area contributed by atoms with Gasteiger partial charge in [-0.05, 0) is 47.1 Å². The Morgan fingerprint density at radius 2 is 1.91 bits per heavy atom. The van der Waals surface area contributed by atoms with E-state index in [4.69, 9.17) is 11.0 Å². The summed E-state index contributed by atoms with van der Waals surface area (Å²) in [6.07, 6.45) is 0. The highest BCUT2D eigenvalue weighted by atomic mass is 16.6. The molecule has 2 aromatic heterocycles. The molecule has 0 atom stereocenters. The number of nitro groups is 1. The van der Waals surface area contributed by atoms with Crippen LogP contribution in [-0.4, -0.2) is 41.8 Å². The van der Waals surface area contributed by atoms with Gasteiger partial charge < -0.3 is 5.73 Å². The van der Waals surface area contributed by atoms with Crippen molar-refractivity contribution >= 4 is 23.1 Å².